The number of rotatable bonds is 4. The van der Waals surface area contributed by atoms with E-state index in [2.05, 4.69) is 10.2 Å². The zero-order valence-electron chi connectivity index (χ0n) is 13.0. The topological polar surface area (TPSA) is 60.2 Å². The van der Waals surface area contributed by atoms with Gasteiger partial charge in [-0.05, 0) is 37.1 Å². The van der Waals surface area contributed by atoms with Crippen LogP contribution in [0.5, 0.6) is 5.75 Å². The Bertz CT molecular complexity index is 671. The molecule has 0 spiro atoms. The van der Waals surface area contributed by atoms with Crippen LogP contribution in [0.2, 0.25) is 5.02 Å². The van der Waals surface area contributed by atoms with Crippen molar-refractivity contribution >= 4 is 17.5 Å². The van der Waals surface area contributed by atoms with E-state index < -0.39 is 0 Å². The lowest BCUT2D eigenvalue weighted by molar-refractivity contribution is -0.134. The molecule has 1 aliphatic heterocycles. The van der Waals surface area contributed by atoms with E-state index in [9.17, 15) is 4.79 Å². The van der Waals surface area contributed by atoms with Crippen LogP contribution in [0.3, 0.4) is 0 Å². The van der Waals surface area contributed by atoms with Crippen LogP contribution < -0.4 is 4.74 Å². The molecular weight excluding hydrogens is 316 g/mol. The Morgan fingerprint density at radius 1 is 1.39 bits per heavy atom. The van der Waals surface area contributed by atoms with Crippen LogP contribution in [-0.2, 0) is 11.8 Å². The fourth-order valence-corrected chi connectivity index (χ4v) is 2.97. The number of carbonyl (C=O) groups excluding carboxylic acids is 1. The minimum Gasteiger partial charge on any atom is -0.484 e. The average molecular weight is 335 g/mol. The lowest BCUT2D eigenvalue weighted by Crippen LogP contribution is -2.42. The van der Waals surface area contributed by atoms with Crippen molar-refractivity contribution in [3.63, 3.8) is 0 Å². The lowest BCUT2D eigenvalue weighted by Gasteiger charge is -2.32. The van der Waals surface area contributed by atoms with Gasteiger partial charge in [0, 0.05) is 31.1 Å². The van der Waals surface area contributed by atoms with Gasteiger partial charge in [-0.25, -0.2) is 0 Å². The number of likely N-dealkylation sites (tertiary alicyclic amines) is 1. The van der Waals surface area contributed by atoms with Crippen LogP contribution in [0.15, 0.2) is 30.6 Å². The summed E-state index contributed by atoms with van der Waals surface area (Å²) in [6, 6.07) is 7.00. The Morgan fingerprint density at radius 3 is 2.87 bits per heavy atom. The molecule has 1 aromatic heterocycles. The van der Waals surface area contributed by atoms with E-state index in [0.717, 1.165) is 25.2 Å². The zero-order chi connectivity index (χ0) is 16.2. The van der Waals surface area contributed by atoms with Crippen molar-refractivity contribution < 1.29 is 9.53 Å². The Hall–Kier alpha value is -2.08. The number of carbonyl (C=O) groups is 1. The molecule has 122 valence electrons. The van der Waals surface area contributed by atoms with Crippen molar-refractivity contribution in [2.75, 3.05) is 19.7 Å². The highest BCUT2D eigenvalue weighted by molar-refractivity contribution is 6.30. The van der Waals surface area contributed by atoms with E-state index in [0.29, 0.717) is 17.3 Å². The summed E-state index contributed by atoms with van der Waals surface area (Å²) >= 11 is 5.83. The second kappa shape index (κ2) is 7.00. The Kier molecular flexibility index (Phi) is 4.81. The van der Waals surface area contributed by atoms with Crippen molar-refractivity contribution in [1.29, 1.82) is 0 Å². The number of aryl methyl sites for hydroxylation is 1. The Morgan fingerprint density at radius 2 is 2.17 bits per heavy atom. The molecule has 1 amide bonds. The van der Waals surface area contributed by atoms with Crippen molar-refractivity contribution in [3.8, 4) is 5.75 Å². The molecule has 0 unspecified atom stereocenters. The molecule has 1 atom stereocenters. The Balaban J connectivity index is 1.56. The summed E-state index contributed by atoms with van der Waals surface area (Å²) in [4.78, 5) is 14.2. The summed E-state index contributed by atoms with van der Waals surface area (Å²) in [5, 5.41) is 8.73. The van der Waals surface area contributed by atoms with Gasteiger partial charge in [-0.3, -0.25) is 4.79 Å². The third kappa shape index (κ3) is 3.82. The van der Waals surface area contributed by atoms with Gasteiger partial charge < -0.3 is 14.2 Å². The molecule has 7 heteroatoms. The monoisotopic (exact) mass is 334 g/mol. The molecule has 0 radical (unpaired) electrons. The molecule has 2 aromatic rings. The predicted octanol–water partition coefficient (Wildman–Crippen LogP) is 2.25. The summed E-state index contributed by atoms with van der Waals surface area (Å²) in [5.74, 6) is 1.80. The zero-order valence-corrected chi connectivity index (χ0v) is 13.7. The van der Waals surface area contributed by atoms with Crippen LogP contribution >= 0.6 is 11.6 Å². The van der Waals surface area contributed by atoms with Crippen LogP contribution in [0, 0.1) is 0 Å². The molecule has 0 bridgehead atoms. The van der Waals surface area contributed by atoms with Crippen molar-refractivity contribution in [2.45, 2.75) is 18.8 Å². The second-order valence-electron chi connectivity index (χ2n) is 5.72. The molecule has 3 rings (SSSR count). The van der Waals surface area contributed by atoms with Crippen LogP contribution in [-0.4, -0.2) is 45.3 Å². The average Bonchev–Trinajstić information content (AvgIpc) is 3.00. The molecule has 23 heavy (non-hydrogen) atoms. The lowest BCUT2D eigenvalue weighted by atomic mass is 9.97. The maximum absolute atomic E-state index is 12.4. The maximum atomic E-state index is 12.4. The number of nitrogens with zero attached hydrogens (tertiary/aromatic N) is 4. The second-order valence-corrected chi connectivity index (χ2v) is 6.16. The first-order valence-electron chi connectivity index (χ1n) is 7.63. The largest absolute Gasteiger partial charge is 0.484 e. The number of amides is 1. The number of ether oxygens (including phenoxy) is 1. The normalized spacial score (nSPS) is 18.0. The highest BCUT2D eigenvalue weighted by Crippen LogP contribution is 2.25. The van der Waals surface area contributed by atoms with E-state index >= 15 is 0 Å². The van der Waals surface area contributed by atoms with Gasteiger partial charge >= 0.3 is 0 Å². The first-order valence-corrected chi connectivity index (χ1v) is 8.01. The van der Waals surface area contributed by atoms with Crippen molar-refractivity contribution in [2.24, 2.45) is 7.05 Å². The minimum atomic E-state index is -0.00758. The minimum absolute atomic E-state index is 0.00758. The fraction of sp³-hybridized carbons (Fsp3) is 0.438. The van der Waals surface area contributed by atoms with Gasteiger partial charge in [-0.15, -0.1) is 10.2 Å². The summed E-state index contributed by atoms with van der Waals surface area (Å²) in [5.41, 5.74) is 0. The van der Waals surface area contributed by atoms with Gasteiger partial charge in [0.15, 0.2) is 6.61 Å². The quantitative estimate of drug-likeness (QED) is 0.860. The highest BCUT2D eigenvalue weighted by atomic mass is 35.5. The van der Waals surface area contributed by atoms with Gasteiger partial charge in [0.05, 0.1) is 0 Å². The summed E-state index contributed by atoms with van der Waals surface area (Å²) in [7, 11) is 1.93. The van der Waals surface area contributed by atoms with Crippen molar-refractivity contribution in [3.05, 3.63) is 41.4 Å². The SMILES string of the molecule is Cn1cnnc1[C@H]1CCCN(C(=O)COc2ccc(Cl)cc2)C1. The van der Waals surface area contributed by atoms with Crippen molar-refractivity contribution in [1.82, 2.24) is 19.7 Å². The highest BCUT2D eigenvalue weighted by Gasteiger charge is 2.27. The molecule has 0 N–H and O–H groups in total. The van der Waals surface area contributed by atoms with Gasteiger partial charge in [0.1, 0.15) is 17.9 Å². The number of halogens is 1. The van der Waals surface area contributed by atoms with E-state index in [1.165, 1.54) is 0 Å². The van der Waals surface area contributed by atoms with Crippen LogP contribution in [0.25, 0.3) is 0 Å². The third-order valence-electron chi connectivity index (χ3n) is 4.06. The molecule has 0 saturated carbocycles. The predicted molar refractivity (Wildman–Crippen MR) is 86.5 cm³/mol. The van der Waals surface area contributed by atoms with Gasteiger partial charge in [0.25, 0.3) is 5.91 Å². The van der Waals surface area contributed by atoms with Crippen LogP contribution in [0.1, 0.15) is 24.6 Å². The van der Waals surface area contributed by atoms with Gasteiger partial charge in [-0.1, -0.05) is 11.6 Å². The first-order chi connectivity index (χ1) is 11.1. The molecule has 0 aliphatic carbocycles. The van der Waals surface area contributed by atoms with Crippen LogP contribution in [0.4, 0.5) is 0 Å². The number of piperidine rings is 1. The number of hydrogen-bond acceptors (Lipinski definition) is 4. The van der Waals surface area contributed by atoms with Gasteiger partial charge in [-0.2, -0.15) is 0 Å². The number of hydrogen-bond donors (Lipinski definition) is 0. The van der Waals surface area contributed by atoms with E-state index in [4.69, 9.17) is 16.3 Å². The smallest absolute Gasteiger partial charge is 0.260 e. The molecule has 2 heterocycles. The molecular formula is C16H19ClN4O2. The van der Waals surface area contributed by atoms with Gasteiger partial charge in [0.2, 0.25) is 0 Å². The Labute approximate surface area is 140 Å². The summed E-state index contributed by atoms with van der Waals surface area (Å²) < 4.78 is 7.46. The van der Waals surface area contributed by atoms with E-state index in [1.54, 1.807) is 30.6 Å². The third-order valence-corrected chi connectivity index (χ3v) is 4.31. The molecule has 6 nitrogen and oxygen atoms in total. The van der Waals surface area contributed by atoms with E-state index in [1.807, 2.05) is 16.5 Å². The standard InChI is InChI=1S/C16H19ClN4O2/c1-20-11-18-19-16(20)12-3-2-8-21(9-12)15(22)10-23-14-6-4-13(17)5-7-14/h4-7,11-12H,2-3,8-10H2,1H3/t12-/m0/s1. The molecule has 1 saturated heterocycles. The molecule has 1 fully saturated rings. The molecule has 1 aromatic carbocycles. The summed E-state index contributed by atoms with van der Waals surface area (Å²) in [6.07, 6.45) is 3.68. The fourth-order valence-electron chi connectivity index (χ4n) is 2.84. The number of aromatic nitrogens is 3. The first kappa shape index (κ1) is 15.8. The molecule has 1 aliphatic rings. The number of benzene rings is 1. The van der Waals surface area contributed by atoms with E-state index in [-0.39, 0.29) is 18.4 Å². The summed E-state index contributed by atoms with van der Waals surface area (Å²) in [6.45, 7) is 1.46. The maximum Gasteiger partial charge on any atom is 0.260 e.